The Labute approximate surface area is 164 Å². The van der Waals surface area contributed by atoms with Gasteiger partial charge in [0.05, 0.1) is 6.20 Å². The van der Waals surface area contributed by atoms with Gasteiger partial charge in [0, 0.05) is 36.5 Å². The minimum Gasteiger partial charge on any atom is -0.322 e. The number of carbonyl (C=O) groups is 3. The Balaban J connectivity index is 1.46. The van der Waals surface area contributed by atoms with Gasteiger partial charge in [-0.25, -0.2) is 9.50 Å². The number of rotatable bonds is 2. The molecule has 1 saturated heterocycles. The maximum absolute atomic E-state index is 12.8. The molecule has 0 saturated carbocycles. The van der Waals surface area contributed by atoms with Gasteiger partial charge in [0.2, 0.25) is 11.8 Å². The quantitative estimate of drug-likeness (QED) is 0.667. The van der Waals surface area contributed by atoms with E-state index in [-0.39, 0.29) is 18.2 Å². The number of hydrogen-bond acceptors (Lipinski definition) is 5. The second-order valence-electron chi connectivity index (χ2n) is 6.88. The van der Waals surface area contributed by atoms with Crippen molar-refractivity contribution in [2.75, 3.05) is 0 Å². The van der Waals surface area contributed by atoms with Crippen LogP contribution in [-0.2, 0) is 16.1 Å². The molecule has 4 heterocycles. The van der Waals surface area contributed by atoms with Crippen LogP contribution in [0.4, 0.5) is 0 Å². The van der Waals surface area contributed by atoms with Crippen LogP contribution in [-0.4, -0.2) is 43.3 Å². The van der Waals surface area contributed by atoms with Crippen molar-refractivity contribution in [1.29, 1.82) is 0 Å². The lowest BCUT2D eigenvalue weighted by molar-refractivity contribution is -0.136. The van der Waals surface area contributed by atoms with Crippen LogP contribution in [0, 0.1) is 0 Å². The Morgan fingerprint density at radius 1 is 1.14 bits per heavy atom. The highest BCUT2D eigenvalue weighted by atomic mass is 35.5. The first-order valence-electron chi connectivity index (χ1n) is 8.78. The number of halogens is 1. The predicted octanol–water partition coefficient (Wildman–Crippen LogP) is 1.81. The minimum absolute atomic E-state index is 0.191. The first-order chi connectivity index (χ1) is 13.5. The van der Waals surface area contributed by atoms with Crippen molar-refractivity contribution < 1.29 is 14.4 Å². The zero-order valence-corrected chi connectivity index (χ0v) is 15.3. The van der Waals surface area contributed by atoms with Gasteiger partial charge in [-0.3, -0.25) is 19.7 Å². The van der Waals surface area contributed by atoms with E-state index >= 15 is 0 Å². The average Bonchev–Trinajstić information content (AvgIpc) is 3.21. The zero-order chi connectivity index (χ0) is 19.4. The van der Waals surface area contributed by atoms with Gasteiger partial charge >= 0.3 is 0 Å². The summed E-state index contributed by atoms with van der Waals surface area (Å²) in [6.45, 7) is 0.331. The number of hydrogen-bond donors (Lipinski definition) is 1. The maximum atomic E-state index is 12.8. The second kappa shape index (κ2) is 6.13. The number of piperidine rings is 1. The monoisotopic (exact) mass is 395 g/mol. The maximum Gasteiger partial charge on any atom is 0.255 e. The van der Waals surface area contributed by atoms with Crippen molar-refractivity contribution in [3.8, 4) is 11.1 Å². The molecule has 0 spiro atoms. The molecular formula is C19H14ClN5O3. The van der Waals surface area contributed by atoms with Crippen LogP contribution in [0.3, 0.4) is 0 Å². The number of amides is 3. The summed E-state index contributed by atoms with van der Waals surface area (Å²) >= 11 is 6.03. The lowest BCUT2D eigenvalue weighted by atomic mass is 10.0. The van der Waals surface area contributed by atoms with Crippen LogP contribution >= 0.6 is 11.6 Å². The molecule has 1 aromatic carbocycles. The second-order valence-corrected chi connectivity index (χ2v) is 7.28. The Morgan fingerprint density at radius 3 is 2.82 bits per heavy atom. The van der Waals surface area contributed by atoms with Crippen LogP contribution in [0.2, 0.25) is 5.02 Å². The molecule has 0 radical (unpaired) electrons. The van der Waals surface area contributed by atoms with E-state index < -0.39 is 11.9 Å². The Bertz CT molecular complexity index is 1170. The molecule has 9 heteroatoms. The van der Waals surface area contributed by atoms with Crippen LogP contribution in [0.1, 0.15) is 28.8 Å². The molecule has 3 aromatic rings. The smallest absolute Gasteiger partial charge is 0.255 e. The summed E-state index contributed by atoms with van der Waals surface area (Å²) in [7, 11) is 0. The summed E-state index contributed by atoms with van der Waals surface area (Å²) in [4.78, 5) is 42.2. The predicted molar refractivity (Wildman–Crippen MR) is 99.5 cm³/mol. The minimum atomic E-state index is -0.620. The molecule has 28 heavy (non-hydrogen) atoms. The third kappa shape index (κ3) is 2.56. The third-order valence-corrected chi connectivity index (χ3v) is 5.44. The summed E-state index contributed by atoms with van der Waals surface area (Å²) in [5.41, 5.74) is 3.71. The molecule has 5 rings (SSSR count). The summed E-state index contributed by atoms with van der Waals surface area (Å²) in [6, 6.07) is 4.91. The SMILES string of the molecule is O=C1CCC(N2Cc3cc(-c4cnc5c(Cl)cnn5c4)ccc3C2=O)C(=O)N1. The summed E-state index contributed by atoms with van der Waals surface area (Å²) in [5.74, 6) is -0.902. The van der Waals surface area contributed by atoms with Crippen molar-refractivity contribution in [2.45, 2.75) is 25.4 Å². The average molecular weight is 396 g/mol. The van der Waals surface area contributed by atoms with Gasteiger partial charge in [-0.05, 0) is 29.7 Å². The molecule has 1 N–H and O–H groups in total. The Morgan fingerprint density at radius 2 is 2.00 bits per heavy atom. The molecule has 140 valence electrons. The van der Waals surface area contributed by atoms with E-state index in [1.807, 2.05) is 18.3 Å². The lowest BCUT2D eigenvalue weighted by Crippen LogP contribution is -2.52. The molecular weight excluding hydrogens is 382 g/mol. The van der Waals surface area contributed by atoms with Gasteiger partial charge in [0.1, 0.15) is 11.1 Å². The number of aromatic nitrogens is 3. The topological polar surface area (TPSA) is 96.7 Å². The Kier molecular flexibility index (Phi) is 3.70. The Hall–Kier alpha value is -3.26. The van der Waals surface area contributed by atoms with Gasteiger partial charge in [-0.2, -0.15) is 5.10 Å². The number of carbonyl (C=O) groups excluding carboxylic acids is 3. The largest absolute Gasteiger partial charge is 0.322 e. The number of imide groups is 1. The van der Waals surface area contributed by atoms with Crippen LogP contribution in [0.25, 0.3) is 16.8 Å². The van der Waals surface area contributed by atoms with E-state index in [2.05, 4.69) is 15.4 Å². The molecule has 3 amide bonds. The molecule has 1 unspecified atom stereocenters. The summed E-state index contributed by atoms with van der Waals surface area (Å²) in [6.07, 6.45) is 5.65. The van der Waals surface area contributed by atoms with Crippen LogP contribution < -0.4 is 5.32 Å². The number of benzene rings is 1. The zero-order valence-electron chi connectivity index (χ0n) is 14.6. The fourth-order valence-corrected chi connectivity index (χ4v) is 3.93. The van der Waals surface area contributed by atoms with E-state index in [9.17, 15) is 14.4 Å². The van der Waals surface area contributed by atoms with Crippen molar-refractivity contribution in [2.24, 2.45) is 0 Å². The molecule has 1 fully saturated rings. The van der Waals surface area contributed by atoms with E-state index in [0.29, 0.717) is 29.2 Å². The number of fused-ring (bicyclic) bond motifs is 2. The highest BCUT2D eigenvalue weighted by Crippen LogP contribution is 2.31. The first-order valence-corrected chi connectivity index (χ1v) is 9.16. The van der Waals surface area contributed by atoms with Gasteiger partial charge in [0.25, 0.3) is 5.91 Å². The van der Waals surface area contributed by atoms with Crippen LogP contribution in [0.5, 0.6) is 0 Å². The molecule has 2 aromatic heterocycles. The molecule has 8 nitrogen and oxygen atoms in total. The lowest BCUT2D eigenvalue weighted by Gasteiger charge is -2.29. The van der Waals surface area contributed by atoms with Crippen LogP contribution in [0.15, 0.2) is 36.8 Å². The highest BCUT2D eigenvalue weighted by molar-refractivity contribution is 6.33. The van der Waals surface area contributed by atoms with Gasteiger partial charge in [-0.15, -0.1) is 0 Å². The summed E-state index contributed by atoms with van der Waals surface area (Å²) in [5, 5.41) is 6.95. The van der Waals surface area contributed by atoms with Gasteiger partial charge in [-0.1, -0.05) is 17.7 Å². The standard InChI is InChI=1S/C19H14ClN5O3/c20-14-7-22-25-9-12(6-21-17(14)25)10-1-2-13-11(5-10)8-24(19(13)28)15-3-4-16(26)23-18(15)27/h1-2,5-7,9,15H,3-4,8H2,(H,23,26,27). The van der Waals surface area contributed by atoms with Crippen molar-refractivity contribution in [3.05, 3.63) is 52.9 Å². The van der Waals surface area contributed by atoms with Gasteiger partial charge in [0.15, 0.2) is 5.65 Å². The molecule has 2 aliphatic rings. The highest BCUT2D eigenvalue weighted by Gasteiger charge is 2.39. The van der Waals surface area contributed by atoms with Crippen molar-refractivity contribution in [1.82, 2.24) is 24.8 Å². The van der Waals surface area contributed by atoms with E-state index in [0.717, 1.165) is 16.7 Å². The van der Waals surface area contributed by atoms with E-state index in [1.165, 1.54) is 11.1 Å². The molecule has 1 atom stereocenters. The van der Waals surface area contributed by atoms with Crippen molar-refractivity contribution in [3.63, 3.8) is 0 Å². The number of nitrogens with one attached hydrogen (secondary N) is 1. The van der Waals surface area contributed by atoms with E-state index in [1.54, 1.807) is 16.8 Å². The van der Waals surface area contributed by atoms with Gasteiger partial charge < -0.3 is 4.90 Å². The fourth-order valence-electron chi connectivity index (χ4n) is 3.75. The number of nitrogens with zero attached hydrogens (tertiary/aromatic N) is 4. The van der Waals surface area contributed by atoms with E-state index in [4.69, 9.17) is 11.6 Å². The summed E-state index contributed by atoms with van der Waals surface area (Å²) < 4.78 is 1.60. The molecule has 0 aliphatic carbocycles. The molecule has 2 aliphatic heterocycles. The molecule has 0 bridgehead atoms. The third-order valence-electron chi connectivity index (χ3n) is 5.17. The first kappa shape index (κ1) is 16.9. The van der Waals surface area contributed by atoms with Crippen molar-refractivity contribution >= 4 is 35.0 Å². The normalized spacial score (nSPS) is 19.2. The fraction of sp³-hybridized carbons (Fsp3) is 0.211.